The van der Waals surface area contributed by atoms with E-state index in [-0.39, 0.29) is 5.41 Å². The lowest BCUT2D eigenvalue weighted by Crippen LogP contribution is -2.18. The molecule has 0 aliphatic heterocycles. The smallest absolute Gasteiger partial charge is 0.129 e. The van der Waals surface area contributed by atoms with Crippen molar-refractivity contribution in [3.8, 4) is 0 Å². The highest BCUT2D eigenvalue weighted by Crippen LogP contribution is 2.21. The summed E-state index contributed by atoms with van der Waals surface area (Å²) in [6.45, 7) is 3.89. The second kappa shape index (κ2) is 4.75. The number of hydrogen-bond donors (Lipinski definition) is 0. The molecule has 0 heterocycles. The molecular formula is C13H16O. The van der Waals surface area contributed by atoms with Crippen LogP contribution in [0.15, 0.2) is 42.5 Å². The van der Waals surface area contributed by atoms with Crippen molar-refractivity contribution in [3.05, 3.63) is 48.0 Å². The van der Waals surface area contributed by atoms with Crippen molar-refractivity contribution in [1.82, 2.24) is 0 Å². The van der Waals surface area contributed by atoms with Crippen LogP contribution < -0.4 is 0 Å². The Kier molecular flexibility index (Phi) is 3.63. The van der Waals surface area contributed by atoms with E-state index in [1.54, 1.807) is 0 Å². The number of benzene rings is 1. The molecule has 0 spiro atoms. The first-order chi connectivity index (χ1) is 6.70. The minimum Gasteiger partial charge on any atom is -0.302 e. The van der Waals surface area contributed by atoms with Gasteiger partial charge in [0.25, 0.3) is 0 Å². The van der Waals surface area contributed by atoms with Crippen molar-refractivity contribution in [3.63, 3.8) is 0 Å². The summed E-state index contributed by atoms with van der Waals surface area (Å²) in [5, 5.41) is 0. The fraction of sp³-hybridized carbons (Fsp3) is 0.308. The fourth-order valence-electron chi connectivity index (χ4n) is 1.56. The molecule has 1 rings (SSSR count). The summed E-state index contributed by atoms with van der Waals surface area (Å²) in [4.78, 5) is 11.0. The maximum Gasteiger partial charge on any atom is 0.129 e. The molecule has 0 N–H and O–H groups in total. The predicted molar refractivity (Wildman–Crippen MR) is 59.1 cm³/mol. The van der Waals surface area contributed by atoms with E-state index in [4.69, 9.17) is 0 Å². The van der Waals surface area contributed by atoms with E-state index in [0.717, 1.165) is 12.7 Å². The quantitative estimate of drug-likeness (QED) is 0.524. The molecule has 0 saturated carbocycles. The Hall–Kier alpha value is -1.37. The third-order valence-electron chi connectivity index (χ3n) is 2.24. The van der Waals surface area contributed by atoms with E-state index in [2.05, 4.69) is 0 Å². The Bertz CT molecular complexity index is 313. The standard InChI is InChI=1S/C13H16O/c1-3-9-13(2,11-14)10-12-7-5-4-6-8-12/h3-9,11H,10H2,1-2H3/b9-3+. The Balaban J connectivity index is 2.80. The number of aldehydes is 1. The van der Waals surface area contributed by atoms with Gasteiger partial charge >= 0.3 is 0 Å². The van der Waals surface area contributed by atoms with E-state index >= 15 is 0 Å². The van der Waals surface area contributed by atoms with Crippen LogP contribution in [0.2, 0.25) is 0 Å². The van der Waals surface area contributed by atoms with Gasteiger partial charge in [0.1, 0.15) is 6.29 Å². The largest absolute Gasteiger partial charge is 0.302 e. The van der Waals surface area contributed by atoms with Gasteiger partial charge in [-0.2, -0.15) is 0 Å². The molecule has 1 atom stereocenters. The highest BCUT2D eigenvalue weighted by atomic mass is 16.1. The highest BCUT2D eigenvalue weighted by Gasteiger charge is 2.19. The zero-order chi connectivity index (χ0) is 10.4. The van der Waals surface area contributed by atoms with E-state index in [9.17, 15) is 4.79 Å². The van der Waals surface area contributed by atoms with Gasteiger partial charge in [0.2, 0.25) is 0 Å². The zero-order valence-electron chi connectivity index (χ0n) is 8.73. The molecule has 14 heavy (non-hydrogen) atoms. The van der Waals surface area contributed by atoms with E-state index in [1.165, 1.54) is 5.56 Å². The monoisotopic (exact) mass is 188 g/mol. The van der Waals surface area contributed by atoms with E-state index in [1.807, 2.05) is 56.3 Å². The lowest BCUT2D eigenvalue weighted by Gasteiger charge is -2.18. The van der Waals surface area contributed by atoms with Crippen molar-refractivity contribution in [2.24, 2.45) is 5.41 Å². The van der Waals surface area contributed by atoms with Crippen LogP contribution in [0.25, 0.3) is 0 Å². The Labute approximate surface area is 85.5 Å². The summed E-state index contributed by atoms with van der Waals surface area (Å²) < 4.78 is 0. The maximum atomic E-state index is 11.0. The zero-order valence-corrected chi connectivity index (χ0v) is 8.73. The molecule has 0 saturated heterocycles. The second-order valence-electron chi connectivity index (χ2n) is 3.79. The third kappa shape index (κ3) is 2.84. The minimum absolute atomic E-state index is 0.365. The molecule has 74 valence electrons. The lowest BCUT2D eigenvalue weighted by molar-refractivity contribution is -0.113. The summed E-state index contributed by atoms with van der Waals surface area (Å²) in [5.74, 6) is 0. The molecular weight excluding hydrogens is 172 g/mol. The third-order valence-corrected chi connectivity index (χ3v) is 2.24. The lowest BCUT2D eigenvalue weighted by atomic mass is 9.85. The van der Waals surface area contributed by atoms with Crippen LogP contribution in [0, 0.1) is 5.41 Å². The van der Waals surface area contributed by atoms with Crippen molar-refractivity contribution in [2.75, 3.05) is 0 Å². The summed E-state index contributed by atoms with van der Waals surface area (Å²) >= 11 is 0. The summed E-state index contributed by atoms with van der Waals surface area (Å²) in [5.41, 5.74) is 0.830. The Morgan fingerprint density at radius 1 is 1.29 bits per heavy atom. The van der Waals surface area contributed by atoms with Gasteiger partial charge in [-0.3, -0.25) is 0 Å². The fourth-order valence-corrected chi connectivity index (χ4v) is 1.56. The van der Waals surface area contributed by atoms with Gasteiger partial charge in [0, 0.05) is 5.41 Å². The molecule has 0 aliphatic carbocycles. The molecule has 1 nitrogen and oxygen atoms in total. The highest BCUT2D eigenvalue weighted by molar-refractivity contribution is 5.62. The molecule has 1 aromatic rings. The van der Waals surface area contributed by atoms with Gasteiger partial charge in [-0.25, -0.2) is 0 Å². The normalized spacial score (nSPS) is 15.3. The van der Waals surface area contributed by atoms with Crippen molar-refractivity contribution >= 4 is 6.29 Å². The molecule has 0 amide bonds. The van der Waals surface area contributed by atoms with E-state index in [0.29, 0.717) is 0 Å². The SMILES string of the molecule is C/C=C/C(C)(C=O)Cc1ccccc1. The first-order valence-electron chi connectivity index (χ1n) is 4.84. The Morgan fingerprint density at radius 2 is 1.93 bits per heavy atom. The minimum atomic E-state index is -0.365. The van der Waals surface area contributed by atoms with Crippen molar-refractivity contribution < 1.29 is 4.79 Å². The average molecular weight is 188 g/mol. The number of carbonyl (C=O) groups is 1. The molecule has 0 fully saturated rings. The molecule has 0 bridgehead atoms. The number of carbonyl (C=O) groups excluding carboxylic acids is 1. The van der Waals surface area contributed by atoms with Crippen LogP contribution in [-0.4, -0.2) is 6.29 Å². The summed E-state index contributed by atoms with van der Waals surface area (Å²) in [6.07, 6.45) is 5.66. The maximum absolute atomic E-state index is 11.0. The molecule has 1 unspecified atom stereocenters. The predicted octanol–water partition coefficient (Wildman–Crippen LogP) is 3.01. The van der Waals surface area contributed by atoms with Crippen molar-refractivity contribution in [1.29, 1.82) is 0 Å². The van der Waals surface area contributed by atoms with Crippen LogP contribution in [-0.2, 0) is 11.2 Å². The van der Waals surface area contributed by atoms with Crippen LogP contribution in [0.5, 0.6) is 0 Å². The number of hydrogen-bond acceptors (Lipinski definition) is 1. The van der Waals surface area contributed by atoms with Gasteiger partial charge in [-0.05, 0) is 25.8 Å². The van der Waals surface area contributed by atoms with Gasteiger partial charge in [-0.15, -0.1) is 0 Å². The molecule has 0 aliphatic rings. The Morgan fingerprint density at radius 3 is 2.43 bits per heavy atom. The van der Waals surface area contributed by atoms with Gasteiger partial charge in [0.15, 0.2) is 0 Å². The van der Waals surface area contributed by atoms with Gasteiger partial charge < -0.3 is 4.79 Å². The summed E-state index contributed by atoms with van der Waals surface area (Å²) in [7, 11) is 0. The van der Waals surface area contributed by atoms with Crippen LogP contribution >= 0.6 is 0 Å². The average Bonchev–Trinajstić information content (AvgIpc) is 2.20. The molecule has 0 aromatic heterocycles. The first kappa shape index (κ1) is 10.7. The van der Waals surface area contributed by atoms with Crippen LogP contribution in [0.1, 0.15) is 19.4 Å². The molecule has 1 heteroatoms. The van der Waals surface area contributed by atoms with E-state index < -0.39 is 0 Å². The van der Waals surface area contributed by atoms with Crippen molar-refractivity contribution in [2.45, 2.75) is 20.3 Å². The second-order valence-corrected chi connectivity index (χ2v) is 3.79. The van der Waals surface area contributed by atoms with Crippen LogP contribution in [0.4, 0.5) is 0 Å². The van der Waals surface area contributed by atoms with Crippen LogP contribution in [0.3, 0.4) is 0 Å². The topological polar surface area (TPSA) is 17.1 Å². The van der Waals surface area contributed by atoms with Gasteiger partial charge in [-0.1, -0.05) is 42.5 Å². The number of allylic oxidation sites excluding steroid dienone is 2. The molecule has 0 radical (unpaired) electrons. The van der Waals surface area contributed by atoms with Gasteiger partial charge in [0.05, 0.1) is 0 Å². The summed E-state index contributed by atoms with van der Waals surface area (Å²) in [6, 6.07) is 10.1. The molecule has 1 aromatic carbocycles. The number of rotatable bonds is 4. The first-order valence-corrected chi connectivity index (χ1v) is 4.84.